The van der Waals surface area contributed by atoms with E-state index in [2.05, 4.69) is 20.7 Å². The monoisotopic (exact) mass is 475 g/mol. The van der Waals surface area contributed by atoms with Gasteiger partial charge in [0.2, 0.25) is 0 Å². The van der Waals surface area contributed by atoms with E-state index in [1.54, 1.807) is 6.92 Å². The van der Waals surface area contributed by atoms with Crippen LogP contribution >= 0.6 is 15.9 Å². The lowest BCUT2D eigenvalue weighted by Crippen LogP contribution is -2.14. The molecule has 0 aliphatic heterocycles. The molecule has 0 fully saturated rings. The van der Waals surface area contributed by atoms with Crippen LogP contribution in [-0.2, 0) is 24.6 Å². The topological polar surface area (TPSA) is 107 Å². The van der Waals surface area contributed by atoms with E-state index in [4.69, 9.17) is 4.74 Å². The van der Waals surface area contributed by atoms with Crippen molar-refractivity contribution in [2.75, 3.05) is 17.1 Å². The first kappa shape index (κ1) is 21.4. The summed E-state index contributed by atoms with van der Waals surface area (Å²) in [6, 6.07) is 9.44. The first-order chi connectivity index (χ1) is 12.6. The van der Waals surface area contributed by atoms with Crippen LogP contribution in [0.5, 0.6) is 0 Å². The van der Waals surface area contributed by atoms with Gasteiger partial charge in [-0.25, -0.2) is 21.6 Å². The fourth-order valence-electron chi connectivity index (χ4n) is 2.17. The molecule has 146 valence electrons. The SMILES string of the molecule is CCOC(=O)c1ccc(S(=O)(=O)Nc2ccc(S(=O)(=O)CC)cc2)c(Br)c1. The van der Waals surface area contributed by atoms with Gasteiger partial charge in [0, 0.05) is 10.2 Å². The van der Waals surface area contributed by atoms with Gasteiger partial charge < -0.3 is 4.74 Å². The van der Waals surface area contributed by atoms with Gasteiger partial charge in [0.1, 0.15) is 4.90 Å². The number of anilines is 1. The number of halogens is 1. The number of sulfone groups is 1. The fourth-order valence-corrected chi connectivity index (χ4v) is 5.19. The number of sulfonamides is 1. The van der Waals surface area contributed by atoms with Crippen LogP contribution in [-0.4, -0.2) is 35.2 Å². The highest BCUT2D eigenvalue weighted by Crippen LogP contribution is 2.26. The van der Waals surface area contributed by atoms with Crippen LogP contribution in [0.4, 0.5) is 5.69 Å². The first-order valence-electron chi connectivity index (χ1n) is 7.93. The Labute approximate surface area is 166 Å². The number of hydrogen-bond donors (Lipinski definition) is 1. The third-order valence-electron chi connectivity index (χ3n) is 3.58. The Morgan fingerprint density at radius 2 is 1.67 bits per heavy atom. The van der Waals surface area contributed by atoms with Gasteiger partial charge in [0.05, 0.1) is 22.8 Å². The lowest BCUT2D eigenvalue weighted by Gasteiger charge is -2.11. The van der Waals surface area contributed by atoms with Gasteiger partial charge in [0.25, 0.3) is 10.0 Å². The summed E-state index contributed by atoms with van der Waals surface area (Å²) in [5, 5.41) is 0. The Hall–Kier alpha value is -1.91. The number of carbonyl (C=O) groups is 1. The van der Waals surface area contributed by atoms with Crippen molar-refractivity contribution in [1.29, 1.82) is 0 Å². The molecule has 0 bridgehead atoms. The predicted octanol–water partition coefficient (Wildman–Crippen LogP) is 3.22. The molecule has 7 nitrogen and oxygen atoms in total. The summed E-state index contributed by atoms with van der Waals surface area (Å²) in [5.41, 5.74) is 0.434. The molecule has 0 unspecified atom stereocenters. The van der Waals surface area contributed by atoms with Crippen LogP contribution < -0.4 is 4.72 Å². The van der Waals surface area contributed by atoms with Gasteiger partial charge in [-0.3, -0.25) is 4.72 Å². The second kappa shape index (κ2) is 8.41. The largest absolute Gasteiger partial charge is 0.462 e. The van der Waals surface area contributed by atoms with E-state index in [1.807, 2.05) is 0 Å². The molecular weight excluding hydrogens is 458 g/mol. The molecule has 0 heterocycles. The van der Waals surface area contributed by atoms with E-state index in [1.165, 1.54) is 49.4 Å². The summed E-state index contributed by atoms with van der Waals surface area (Å²) >= 11 is 3.16. The summed E-state index contributed by atoms with van der Waals surface area (Å²) in [4.78, 5) is 11.8. The maximum atomic E-state index is 12.6. The number of carbonyl (C=O) groups excluding carboxylic acids is 1. The number of benzene rings is 2. The molecule has 27 heavy (non-hydrogen) atoms. The smallest absolute Gasteiger partial charge is 0.338 e. The zero-order valence-corrected chi connectivity index (χ0v) is 17.8. The Balaban J connectivity index is 2.28. The first-order valence-corrected chi connectivity index (χ1v) is 11.9. The highest BCUT2D eigenvalue weighted by Gasteiger charge is 2.20. The van der Waals surface area contributed by atoms with E-state index in [0.29, 0.717) is 0 Å². The minimum absolute atomic E-state index is 0.0438. The quantitative estimate of drug-likeness (QED) is 0.615. The van der Waals surface area contributed by atoms with Crippen molar-refractivity contribution in [1.82, 2.24) is 0 Å². The fraction of sp³-hybridized carbons (Fsp3) is 0.235. The Morgan fingerprint density at radius 1 is 1.04 bits per heavy atom. The van der Waals surface area contributed by atoms with Crippen molar-refractivity contribution >= 4 is 47.4 Å². The molecule has 2 aromatic carbocycles. The third kappa shape index (κ3) is 5.08. The summed E-state index contributed by atoms with van der Waals surface area (Å²) < 4.78 is 56.3. The normalized spacial score (nSPS) is 11.8. The standard InChI is InChI=1S/C17H18BrNO6S2/c1-3-25-17(20)12-5-10-16(15(18)11-12)27(23,24)19-13-6-8-14(9-7-13)26(21,22)4-2/h5-11,19H,3-4H2,1-2H3. The lowest BCUT2D eigenvalue weighted by atomic mass is 10.2. The Kier molecular flexibility index (Phi) is 6.66. The van der Waals surface area contributed by atoms with Crippen molar-refractivity contribution in [3.8, 4) is 0 Å². The van der Waals surface area contributed by atoms with Gasteiger partial charge in [0.15, 0.2) is 9.84 Å². The maximum Gasteiger partial charge on any atom is 0.338 e. The second-order valence-corrected chi connectivity index (χ2v) is 10.2. The van der Waals surface area contributed by atoms with Crippen LogP contribution in [0.3, 0.4) is 0 Å². The predicted molar refractivity (Wildman–Crippen MR) is 105 cm³/mol. The highest BCUT2D eigenvalue weighted by molar-refractivity contribution is 9.10. The maximum absolute atomic E-state index is 12.6. The molecule has 0 aromatic heterocycles. The van der Waals surface area contributed by atoms with Gasteiger partial charge in [-0.05, 0) is 65.3 Å². The van der Waals surface area contributed by atoms with E-state index in [0.717, 1.165) is 0 Å². The van der Waals surface area contributed by atoms with E-state index >= 15 is 0 Å². The molecule has 0 radical (unpaired) electrons. The molecule has 2 rings (SSSR count). The van der Waals surface area contributed by atoms with Crippen molar-refractivity contribution < 1.29 is 26.4 Å². The average Bonchev–Trinajstić information content (AvgIpc) is 2.61. The van der Waals surface area contributed by atoms with Gasteiger partial charge in [-0.1, -0.05) is 6.92 Å². The number of hydrogen-bond acceptors (Lipinski definition) is 6. The van der Waals surface area contributed by atoms with Crippen molar-refractivity contribution in [3.63, 3.8) is 0 Å². The highest BCUT2D eigenvalue weighted by atomic mass is 79.9. The third-order valence-corrected chi connectivity index (χ3v) is 7.69. The second-order valence-electron chi connectivity index (χ2n) is 5.40. The van der Waals surface area contributed by atoms with Gasteiger partial charge in [-0.2, -0.15) is 0 Å². The minimum Gasteiger partial charge on any atom is -0.462 e. The number of nitrogens with one attached hydrogen (secondary N) is 1. The van der Waals surface area contributed by atoms with Crippen molar-refractivity contribution in [3.05, 3.63) is 52.5 Å². The Bertz CT molecular complexity index is 1050. The molecule has 0 amide bonds. The van der Waals surface area contributed by atoms with Gasteiger partial charge >= 0.3 is 5.97 Å². The Morgan fingerprint density at radius 3 is 2.19 bits per heavy atom. The summed E-state index contributed by atoms with van der Waals surface area (Å²) in [7, 11) is -7.31. The molecule has 0 atom stereocenters. The summed E-state index contributed by atoms with van der Waals surface area (Å²) in [5.74, 6) is -0.597. The molecule has 0 saturated heterocycles. The van der Waals surface area contributed by atoms with E-state index in [-0.39, 0.29) is 37.9 Å². The summed E-state index contributed by atoms with van der Waals surface area (Å²) in [6.07, 6.45) is 0. The molecule has 0 aliphatic rings. The molecule has 10 heteroatoms. The minimum atomic E-state index is -3.95. The molecule has 0 saturated carbocycles. The summed E-state index contributed by atoms with van der Waals surface area (Å²) in [6.45, 7) is 3.41. The van der Waals surface area contributed by atoms with E-state index in [9.17, 15) is 21.6 Å². The van der Waals surface area contributed by atoms with Crippen molar-refractivity contribution in [2.24, 2.45) is 0 Å². The average molecular weight is 476 g/mol. The lowest BCUT2D eigenvalue weighted by molar-refractivity contribution is 0.0526. The molecule has 0 aliphatic carbocycles. The van der Waals surface area contributed by atoms with Crippen molar-refractivity contribution in [2.45, 2.75) is 23.6 Å². The molecule has 2 aromatic rings. The molecule has 0 spiro atoms. The van der Waals surface area contributed by atoms with Crippen LogP contribution in [0.1, 0.15) is 24.2 Å². The number of ether oxygens (including phenoxy) is 1. The molecule has 1 N–H and O–H groups in total. The number of rotatable bonds is 7. The van der Waals surface area contributed by atoms with Crippen LogP contribution in [0, 0.1) is 0 Å². The molecular formula is C17H18BrNO6S2. The number of esters is 1. The van der Waals surface area contributed by atoms with Gasteiger partial charge in [-0.15, -0.1) is 0 Å². The zero-order chi connectivity index (χ0) is 20.2. The zero-order valence-electron chi connectivity index (χ0n) is 14.6. The van der Waals surface area contributed by atoms with E-state index < -0.39 is 25.8 Å². The van der Waals surface area contributed by atoms with Crippen LogP contribution in [0.15, 0.2) is 56.7 Å². The van der Waals surface area contributed by atoms with Crippen LogP contribution in [0.2, 0.25) is 0 Å². The van der Waals surface area contributed by atoms with Crippen LogP contribution in [0.25, 0.3) is 0 Å².